The molecule has 21 heavy (non-hydrogen) atoms. The fourth-order valence-corrected chi connectivity index (χ4v) is 1.87. The van der Waals surface area contributed by atoms with Gasteiger partial charge in [0.1, 0.15) is 0 Å². The first kappa shape index (κ1) is 15.1. The molecule has 0 atom stereocenters. The maximum absolute atomic E-state index is 13.0. The molecule has 1 amide bonds. The molecular formula is C16H15F2NO2. The van der Waals surface area contributed by atoms with Crippen molar-refractivity contribution in [3.05, 3.63) is 65.2 Å². The van der Waals surface area contributed by atoms with E-state index in [0.29, 0.717) is 17.7 Å². The lowest BCUT2D eigenvalue weighted by Crippen LogP contribution is -2.12. The van der Waals surface area contributed by atoms with Crippen LogP contribution in [-0.4, -0.2) is 11.0 Å². The van der Waals surface area contributed by atoms with E-state index in [9.17, 15) is 13.6 Å². The highest BCUT2D eigenvalue weighted by atomic mass is 19.2. The number of amides is 1. The molecule has 0 aromatic heterocycles. The van der Waals surface area contributed by atoms with Crippen molar-refractivity contribution in [2.75, 3.05) is 5.32 Å². The van der Waals surface area contributed by atoms with E-state index in [2.05, 4.69) is 5.32 Å². The zero-order chi connectivity index (χ0) is 15.2. The molecule has 0 bridgehead atoms. The van der Waals surface area contributed by atoms with Gasteiger partial charge in [-0.3, -0.25) is 4.79 Å². The largest absolute Gasteiger partial charge is 0.392 e. The lowest BCUT2D eigenvalue weighted by Gasteiger charge is -2.06. The molecule has 0 aliphatic heterocycles. The Morgan fingerprint density at radius 3 is 2.29 bits per heavy atom. The second-order valence-corrected chi connectivity index (χ2v) is 4.65. The number of carbonyl (C=O) groups is 1. The molecular weight excluding hydrogens is 276 g/mol. The van der Waals surface area contributed by atoms with Crippen molar-refractivity contribution in [1.29, 1.82) is 0 Å². The van der Waals surface area contributed by atoms with E-state index in [1.165, 1.54) is 6.07 Å². The maximum atomic E-state index is 13.0. The molecule has 3 nitrogen and oxygen atoms in total. The zero-order valence-electron chi connectivity index (χ0n) is 11.3. The molecule has 0 fully saturated rings. The van der Waals surface area contributed by atoms with Crippen LogP contribution in [0.1, 0.15) is 17.5 Å². The smallest absolute Gasteiger partial charge is 0.224 e. The number of anilines is 1. The van der Waals surface area contributed by atoms with Crippen molar-refractivity contribution in [2.45, 2.75) is 19.4 Å². The normalized spacial score (nSPS) is 10.4. The molecule has 2 aromatic rings. The van der Waals surface area contributed by atoms with Crippen molar-refractivity contribution in [3.8, 4) is 0 Å². The van der Waals surface area contributed by atoms with Crippen LogP contribution in [0.25, 0.3) is 0 Å². The zero-order valence-corrected chi connectivity index (χ0v) is 11.3. The van der Waals surface area contributed by atoms with Crippen molar-refractivity contribution in [2.24, 2.45) is 0 Å². The first-order valence-electron chi connectivity index (χ1n) is 6.52. The molecule has 2 rings (SSSR count). The Bertz CT molecular complexity index is 627. The number of nitrogens with one attached hydrogen (secondary N) is 1. The highest BCUT2D eigenvalue weighted by Gasteiger charge is 2.06. The first-order valence-corrected chi connectivity index (χ1v) is 6.52. The second-order valence-electron chi connectivity index (χ2n) is 4.65. The third-order valence-corrected chi connectivity index (χ3v) is 3.05. The standard InChI is InChI=1S/C16H15F2NO2/c17-14-7-3-11(9-15(14)18)4-8-16(21)19-13-5-1-12(10-20)2-6-13/h1-3,5-7,9,20H,4,8,10H2,(H,19,21). The lowest BCUT2D eigenvalue weighted by atomic mass is 10.1. The lowest BCUT2D eigenvalue weighted by molar-refractivity contribution is -0.116. The van der Waals surface area contributed by atoms with Gasteiger partial charge in [-0.1, -0.05) is 18.2 Å². The number of aliphatic hydroxyl groups excluding tert-OH is 1. The summed E-state index contributed by atoms with van der Waals surface area (Å²) in [5.74, 6) is -2.02. The Labute approximate surface area is 121 Å². The van der Waals surface area contributed by atoms with Crippen LogP contribution < -0.4 is 5.32 Å². The molecule has 0 unspecified atom stereocenters. The number of aryl methyl sites for hydroxylation is 1. The summed E-state index contributed by atoms with van der Waals surface area (Å²) in [6, 6.07) is 10.4. The van der Waals surface area contributed by atoms with Gasteiger partial charge >= 0.3 is 0 Å². The topological polar surface area (TPSA) is 49.3 Å². The second kappa shape index (κ2) is 6.95. The van der Waals surface area contributed by atoms with Crippen LogP contribution in [0.4, 0.5) is 14.5 Å². The van der Waals surface area contributed by atoms with Gasteiger partial charge in [-0.2, -0.15) is 0 Å². The molecule has 2 N–H and O–H groups in total. The Morgan fingerprint density at radius 1 is 1.00 bits per heavy atom. The number of hydrogen-bond acceptors (Lipinski definition) is 2. The van der Waals surface area contributed by atoms with Crippen molar-refractivity contribution in [3.63, 3.8) is 0 Å². The Balaban J connectivity index is 1.87. The van der Waals surface area contributed by atoms with Crippen LogP contribution in [0.3, 0.4) is 0 Å². The minimum Gasteiger partial charge on any atom is -0.392 e. The van der Waals surface area contributed by atoms with Gasteiger partial charge < -0.3 is 10.4 Å². The molecule has 110 valence electrons. The summed E-state index contributed by atoms with van der Waals surface area (Å²) < 4.78 is 25.8. The predicted molar refractivity (Wildman–Crippen MR) is 75.7 cm³/mol. The molecule has 0 spiro atoms. The Morgan fingerprint density at radius 2 is 1.67 bits per heavy atom. The molecule has 0 aliphatic carbocycles. The molecule has 0 heterocycles. The van der Waals surface area contributed by atoms with Crippen LogP contribution in [0.2, 0.25) is 0 Å². The molecule has 2 aromatic carbocycles. The summed E-state index contributed by atoms with van der Waals surface area (Å²) in [5.41, 5.74) is 1.96. The van der Waals surface area contributed by atoms with Crippen molar-refractivity contribution >= 4 is 11.6 Å². The van der Waals surface area contributed by atoms with Crippen LogP contribution in [0, 0.1) is 11.6 Å². The van der Waals surface area contributed by atoms with E-state index in [-0.39, 0.29) is 18.9 Å². The van der Waals surface area contributed by atoms with Gasteiger partial charge in [-0.05, 0) is 41.8 Å². The summed E-state index contributed by atoms with van der Waals surface area (Å²) in [7, 11) is 0. The Kier molecular flexibility index (Phi) is 5.00. The van der Waals surface area contributed by atoms with Gasteiger partial charge in [0.05, 0.1) is 6.61 Å². The first-order chi connectivity index (χ1) is 10.1. The van der Waals surface area contributed by atoms with Gasteiger partial charge in [0, 0.05) is 12.1 Å². The van der Waals surface area contributed by atoms with E-state index >= 15 is 0 Å². The highest BCUT2D eigenvalue weighted by molar-refractivity contribution is 5.90. The van der Waals surface area contributed by atoms with Gasteiger partial charge in [0.2, 0.25) is 5.91 Å². The predicted octanol–water partition coefficient (Wildman–Crippen LogP) is 3.03. The molecule has 0 saturated heterocycles. The summed E-state index contributed by atoms with van der Waals surface area (Å²) in [5, 5.41) is 11.6. The van der Waals surface area contributed by atoms with Crippen LogP contribution in [-0.2, 0) is 17.8 Å². The average Bonchev–Trinajstić information content (AvgIpc) is 2.49. The molecule has 0 radical (unpaired) electrons. The van der Waals surface area contributed by atoms with Crippen LogP contribution in [0.15, 0.2) is 42.5 Å². The summed E-state index contributed by atoms with van der Waals surface area (Å²) in [4.78, 5) is 11.8. The maximum Gasteiger partial charge on any atom is 0.224 e. The van der Waals surface area contributed by atoms with Gasteiger partial charge in [0.25, 0.3) is 0 Å². The highest BCUT2D eigenvalue weighted by Crippen LogP contribution is 2.12. The summed E-state index contributed by atoms with van der Waals surface area (Å²) in [6.07, 6.45) is 0.505. The SMILES string of the molecule is O=C(CCc1ccc(F)c(F)c1)Nc1ccc(CO)cc1. The van der Waals surface area contributed by atoms with E-state index in [4.69, 9.17) is 5.11 Å². The summed E-state index contributed by atoms with van der Waals surface area (Å²) in [6.45, 7) is -0.0512. The minimum atomic E-state index is -0.910. The number of halogens is 2. The Hall–Kier alpha value is -2.27. The molecule has 5 heteroatoms. The van der Waals surface area contributed by atoms with Gasteiger partial charge in [-0.25, -0.2) is 8.78 Å². The minimum absolute atomic E-state index is 0.0512. The third kappa shape index (κ3) is 4.36. The van der Waals surface area contributed by atoms with Gasteiger partial charge in [0.15, 0.2) is 11.6 Å². The summed E-state index contributed by atoms with van der Waals surface area (Å²) >= 11 is 0. The van der Waals surface area contributed by atoms with Gasteiger partial charge in [-0.15, -0.1) is 0 Å². The van der Waals surface area contributed by atoms with E-state index < -0.39 is 11.6 Å². The fraction of sp³-hybridized carbons (Fsp3) is 0.188. The van der Waals surface area contributed by atoms with Crippen molar-refractivity contribution in [1.82, 2.24) is 0 Å². The van der Waals surface area contributed by atoms with E-state index in [1.54, 1.807) is 24.3 Å². The average molecular weight is 291 g/mol. The van der Waals surface area contributed by atoms with E-state index in [0.717, 1.165) is 17.7 Å². The number of benzene rings is 2. The van der Waals surface area contributed by atoms with Crippen molar-refractivity contribution < 1.29 is 18.7 Å². The number of hydrogen-bond donors (Lipinski definition) is 2. The van der Waals surface area contributed by atoms with Crippen LogP contribution in [0.5, 0.6) is 0 Å². The van der Waals surface area contributed by atoms with Crippen LogP contribution >= 0.6 is 0 Å². The van der Waals surface area contributed by atoms with E-state index in [1.807, 2.05) is 0 Å². The number of carbonyl (C=O) groups excluding carboxylic acids is 1. The molecule has 0 aliphatic rings. The monoisotopic (exact) mass is 291 g/mol. The number of rotatable bonds is 5. The quantitative estimate of drug-likeness (QED) is 0.889. The fourth-order valence-electron chi connectivity index (χ4n) is 1.87. The molecule has 0 saturated carbocycles. The number of aliphatic hydroxyl groups is 1. The third-order valence-electron chi connectivity index (χ3n) is 3.05.